The van der Waals surface area contributed by atoms with Crippen LogP contribution in [0.1, 0.15) is 51.9 Å². The van der Waals surface area contributed by atoms with Crippen LogP contribution >= 0.6 is 0 Å². The summed E-state index contributed by atoms with van der Waals surface area (Å²) < 4.78 is 0. The molecule has 0 bridgehead atoms. The van der Waals surface area contributed by atoms with Gasteiger partial charge in [0.15, 0.2) is 0 Å². The van der Waals surface area contributed by atoms with Crippen molar-refractivity contribution in [2.45, 2.75) is 64.0 Å². The lowest BCUT2D eigenvalue weighted by atomic mass is 9.64. The van der Waals surface area contributed by atoms with E-state index in [1.165, 1.54) is 12.8 Å². The van der Waals surface area contributed by atoms with Gasteiger partial charge in [-0.15, -0.1) is 0 Å². The van der Waals surface area contributed by atoms with Gasteiger partial charge in [-0.25, -0.2) is 9.59 Å². The topological polar surface area (TPSA) is 76.1 Å². The highest BCUT2D eigenvalue weighted by atomic mass is 16.4. The van der Waals surface area contributed by atoms with Gasteiger partial charge in [-0.3, -0.25) is 0 Å². The van der Waals surface area contributed by atoms with Crippen molar-refractivity contribution in [3.8, 4) is 0 Å². The number of nitrogens with zero attached hydrogens (tertiary/aromatic N) is 3. The Morgan fingerprint density at radius 2 is 1.85 bits per heavy atom. The molecule has 0 aromatic heterocycles. The predicted molar refractivity (Wildman–Crippen MR) is 103 cm³/mol. The minimum absolute atomic E-state index is 0.118. The van der Waals surface area contributed by atoms with Crippen molar-refractivity contribution in [2.75, 3.05) is 39.3 Å². The van der Waals surface area contributed by atoms with Gasteiger partial charge in [0.1, 0.15) is 0 Å². The standard InChI is InChI=1S/C20H34N4O3/c1-2-21-18(25)24-8-3-4-17(24)15-5-9-22(10-6-15)16-12-20(13-16)7-11-23(14-20)19(26)27/h15-17H,2-14H2,1H3,(H,21,25)(H,26,27). The number of nitrogens with one attached hydrogen (secondary N) is 1. The maximum absolute atomic E-state index is 12.3. The molecule has 0 radical (unpaired) electrons. The van der Waals surface area contributed by atoms with Crippen molar-refractivity contribution in [3.63, 3.8) is 0 Å². The number of likely N-dealkylation sites (tertiary alicyclic amines) is 3. The maximum Gasteiger partial charge on any atom is 0.407 e. The van der Waals surface area contributed by atoms with Gasteiger partial charge in [-0.2, -0.15) is 0 Å². The quantitative estimate of drug-likeness (QED) is 0.791. The Bertz CT molecular complexity index is 570. The summed E-state index contributed by atoms with van der Waals surface area (Å²) >= 11 is 0. The Hall–Kier alpha value is -1.50. The Balaban J connectivity index is 1.24. The number of carboxylic acid groups (broad SMARTS) is 1. The molecule has 4 fully saturated rings. The van der Waals surface area contributed by atoms with Crippen molar-refractivity contribution in [1.29, 1.82) is 0 Å². The fourth-order valence-electron chi connectivity index (χ4n) is 6.09. The van der Waals surface area contributed by atoms with E-state index in [9.17, 15) is 14.7 Å². The van der Waals surface area contributed by atoms with Crippen LogP contribution in [0.3, 0.4) is 0 Å². The summed E-state index contributed by atoms with van der Waals surface area (Å²) in [5.74, 6) is 0.634. The molecule has 3 heterocycles. The third kappa shape index (κ3) is 3.62. The molecule has 27 heavy (non-hydrogen) atoms. The summed E-state index contributed by atoms with van der Waals surface area (Å²) in [6.07, 6.45) is 7.26. The number of amides is 3. The van der Waals surface area contributed by atoms with E-state index >= 15 is 0 Å². The molecule has 3 aliphatic heterocycles. The molecule has 7 nitrogen and oxygen atoms in total. The largest absolute Gasteiger partial charge is 0.465 e. The van der Waals surface area contributed by atoms with Crippen LogP contribution in [-0.2, 0) is 0 Å². The lowest BCUT2D eigenvalue weighted by Gasteiger charge is -2.52. The third-order valence-electron chi connectivity index (χ3n) is 7.57. The summed E-state index contributed by atoms with van der Waals surface area (Å²) in [6.45, 7) is 7.29. The SMILES string of the molecule is CCNC(=O)N1CCCC1C1CCN(C2CC3(CCN(C(=O)O)C3)C2)CC1. The molecule has 152 valence electrons. The molecule has 1 aliphatic carbocycles. The minimum atomic E-state index is -0.760. The Labute approximate surface area is 162 Å². The van der Waals surface area contributed by atoms with Gasteiger partial charge in [0.2, 0.25) is 0 Å². The van der Waals surface area contributed by atoms with Crippen LogP contribution in [-0.4, -0.2) is 83.3 Å². The summed E-state index contributed by atoms with van der Waals surface area (Å²) in [6, 6.07) is 1.18. The monoisotopic (exact) mass is 378 g/mol. The molecule has 1 atom stereocenters. The molecular formula is C20H34N4O3. The molecule has 7 heteroatoms. The zero-order valence-corrected chi connectivity index (χ0v) is 16.5. The van der Waals surface area contributed by atoms with Crippen molar-refractivity contribution >= 4 is 12.1 Å². The number of piperidine rings is 1. The normalized spacial score (nSPS) is 34.9. The van der Waals surface area contributed by atoms with E-state index in [2.05, 4.69) is 15.1 Å². The Morgan fingerprint density at radius 1 is 1.11 bits per heavy atom. The van der Waals surface area contributed by atoms with Crippen LogP contribution in [0.2, 0.25) is 0 Å². The van der Waals surface area contributed by atoms with Crippen molar-refractivity contribution < 1.29 is 14.7 Å². The van der Waals surface area contributed by atoms with Crippen LogP contribution in [0.15, 0.2) is 0 Å². The highest BCUT2D eigenvalue weighted by Gasteiger charge is 2.51. The molecule has 4 rings (SSSR count). The van der Waals surface area contributed by atoms with Gasteiger partial charge in [0, 0.05) is 38.3 Å². The summed E-state index contributed by atoms with van der Waals surface area (Å²) in [7, 11) is 0. The second-order valence-electron chi connectivity index (χ2n) is 9.13. The molecule has 0 aromatic carbocycles. The molecule has 1 saturated carbocycles. The first-order valence-corrected chi connectivity index (χ1v) is 10.8. The fourth-order valence-corrected chi connectivity index (χ4v) is 6.09. The molecule has 2 N–H and O–H groups in total. The number of hydrogen-bond donors (Lipinski definition) is 2. The second-order valence-corrected chi connectivity index (χ2v) is 9.13. The number of carbonyl (C=O) groups is 2. The van der Waals surface area contributed by atoms with Crippen molar-refractivity contribution in [2.24, 2.45) is 11.3 Å². The lowest BCUT2D eigenvalue weighted by molar-refractivity contribution is -0.0138. The zero-order valence-electron chi connectivity index (χ0n) is 16.5. The van der Waals surface area contributed by atoms with Gasteiger partial charge < -0.3 is 25.1 Å². The highest BCUT2D eigenvalue weighted by Crippen LogP contribution is 2.50. The highest BCUT2D eigenvalue weighted by molar-refractivity contribution is 5.74. The molecule has 1 spiro atoms. The van der Waals surface area contributed by atoms with Crippen LogP contribution in [0.4, 0.5) is 9.59 Å². The van der Waals surface area contributed by atoms with Gasteiger partial charge in [0.25, 0.3) is 0 Å². The maximum atomic E-state index is 12.3. The smallest absolute Gasteiger partial charge is 0.407 e. The van der Waals surface area contributed by atoms with E-state index in [4.69, 9.17) is 0 Å². The second kappa shape index (κ2) is 7.49. The predicted octanol–water partition coefficient (Wildman–Crippen LogP) is 2.42. The molecule has 3 saturated heterocycles. The summed E-state index contributed by atoms with van der Waals surface area (Å²) in [5.41, 5.74) is 0.264. The summed E-state index contributed by atoms with van der Waals surface area (Å²) in [4.78, 5) is 29.8. The average molecular weight is 379 g/mol. The number of carbonyl (C=O) groups excluding carboxylic acids is 1. The third-order valence-corrected chi connectivity index (χ3v) is 7.57. The number of urea groups is 1. The molecule has 0 aromatic rings. The Morgan fingerprint density at radius 3 is 2.48 bits per heavy atom. The lowest BCUT2D eigenvalue weighted by Crippen LogP contribution is -2.55. The van der Waals surface area contributed by atoms with E-state index in [0.717, 1.165) is 58.3 Å². The van der Waals surface area contributed by atoms with E-state index in [0.29, 0.717) is 31.1 Å². The fraction of sp³-hybridized carbons (Fsp3) is 0.900. The Kier molecular flexibility index (Phi) is 5.23. The summed E-state index contributed by atoms with van der Waals surface area (Å²) in [5, 5.41) is 12.2. The van der Waals surface area contributed by atoms with Crippen LogP contribution in [0, 0.1) is 11.3 Å². The minimum Gasteiger partial charge on any atom is -0.465 e. The van der Waals surface area contributed by atoms with Gasteiger partial charge in [-0.05, 0) is 76.3 Å². The van der Waals surface area contributed by atoms with Crippen molar-refractivity contribution in [3.05, 3.63) is 0 Å². The van der Waals surface area contributed by atoms with Crippen molar-refractivity contribution in [1.82, 2.24) is 20.0 Å². The molecule has 1 unspecified atom stereocenters. The van der Waals surface area contributed by atoms with E-state index in [1.54, 1.807) is 4.90 Å². The first kappa shape index (κ1) is 18.8. The first-order valence-electron chi connectivity index (χ1n) is 10.8. The number of rotatable bonds is 3. The van der Waals surface area contributed by atoms with E-state index in [1.807, 2.05) is 6.92 Å². The zero-order chi connectivity index (χ0) is 19.0. The first-order chi connectivity index (χ1) is 13.0. The molecule has 4 aliphatic rings. The van der Waals surface area contributed by atoms with Gasteiger partial charge >= 0.3 is 12.1 Å². The van der Waals surface area contributed by atoms with Gasteiger partial charge in [0.05, 0.1) is 0 Å². The van der Waals surface area contributed by atoms with Gasteiger partial charge in [-0.1, -0.05) is 0 Å². The van der Waals surface area contributed by atoms with E-state index < -0.39 is 6.09 Å². The van der Waals surface area contributed by atoms with Crippen LogP contribution < -0.4 is 5.32 Å². The molecule has 3 amide bonds. The average Bonchev–Trinajstić information content (AvgIpc) is 3.28. The molecular weight excluding hydrogens is 344 g/mol. The van der Waals surface area contributed by atoms with Crippen LogP contribution in [0.5, 0.6) is 0 Å². The van der Waals surface area contributed by atoms with Crippen LogP contribution in [0.25, 0.3) is 0 Å². The number of hydrogen-bond acceptors (Lipinski definition) is 3. The van der Waals surface area contributed by atoms with E-state index in [-0.39, 0.29) is 11.4 Å².